The maximum Gasteiger partial charge on any atom is 0.409 e. The Labute approximate surface area is 183 Å². The Hall–Kier alpha value is -3.46. The van der Waals surface area contributed by atoms with Crippen molar-refractivity contribution < 1.29 is 14.3 Å². The van der Waals surface area contributed by atoms with Gasteiger partial charge < -0.3 is 24.3 Å². The SMILES string of the molecule is CCOC(=O)N1CCN(C(=S)Oc2ccc3nc4[nH]c5ccccc5c4nc3c2)CC1. The van der Waals surface area contributed by atoms with Gasteiger partial charge in [-0.2, -0.15) is 0 Å². The van der Waals surface area contributed by atoms with E-state index in [0.29, 0.717) is 43.7 Å². The third-order valence-electron chi connectivity index (χ3n) is 5.34. The van der Waals surface area contributed by atoms with Gasteiger partial charge in [0.1, 0.15) is 11.3 Å². The third-order valence-corrected chi connectivity index (χ3v) is 5.68. The van der Waals surface area contributed by atoms with Crippen LogP contribution in [0.4, 0.5) is 4.79 Å². The number of H-pyrrole nitrogens is 1. The number of fused-ring (bicyclic) bond motifs is 4. The first-order chi connectivity index (χ1) is 15.1. The maximum absolute atomic E-state index is 11.9. The molecule has 1 fully saturated rings. The van der Waals surface area contributed by atoms with Crippen LogP contribution in [0.5, 0.6) is 5.75 Å². The van der Waals surface area contributed by atoms with Crippen molar-refractivity contribution >= 4 is 56.6 Å². The van der Waals surface area contributed by atoms with Gasteiger partial charge in [0.2, 0.25) is 0 Å². The van der Waals surface area contributed by atoms with E-state index in [-0.39, 0.29) is 6.09 Å². The van der Waals surface area contributed by atoms with Crippen LogP contribution in [0.3, 0.4) is 0 Å². The summed E-state index contributed by atoms with van der Waals surface area (Å²) in [5.41, 5.74) is 4.12. The number of nitrogens with zero attached hydrogens (tertiary/aromatic N) is 4. The lowest BCUT2D eigenvalue weighted by molar-refractivity contribution is 0.0902. The topological polar surface area (TPSA) is 83.6 Å². The van der Waals surface area contributed by atoms with Crippen molar-refractivity contribution in [3.63, 3.8) is 0 Å². The molecule has 1 aliphatic heterocycles. The molecule has 31 heavy (non-hydrogen) atoms. The molecule has 1 N–H and O–H groups in total. The van der Waals surface area contributed by atoms with Crippen molar-refractivity contribution in [3.8, 4) is 5.75 Å². The molecule has 0 spiro atoms. The number of para-hydroxylation sites is 1. The van der Waals surface area contributed by atoms with Gasteiger partial charge in [-0.15, -0.1) is 0 Å². The molecule has 0 bridgehead atoms. The van der Waals surface area contributed by atoms with Crippen LogP contribution in [0.15, 0.2) is 42.5 Å². The van der Waals surface area contributed by atoms with E-state index in [1.807, 2.05) is 47.4 Å². The number of carbonyl (C=O) groups excluding carboxylic acids is 1. The lowest BCUT2D eigenvalue weighted by atomic mass is 10.2. The molecule has 0 aliphatic carbocycles. The molecular formula is C22H21N5O3S. The number of aromatic nitrogens is 3. The predicted molar refractivity (Wildman–Crippen MR) is 122 cm³/mol. The number of carbonyl (C=O) groups is 1. The van der Waals surface area contributed by atoms with Crippen molar-refractivity contribution in [2.45, 2.75) is 6.92 Å². The lowest BCUT2D eigenvalue weighted by Gasteiger charge is -2.34. The molecule has 1 aliphatic rings. The number of amides is 1. The molecule has 1 saturated heterocycles. The fourth-order valence-electron chi connectivity index (χ4n) is 3.75. The van der Waals surface area contributed by atoms with Crippen molar-refractivity contribution in [1.29, 1.82) is 0 Å². The molecule has 2 aromatic carbocycles. The largest absolute Gasteiger partial charge is 0.450 e. The van der Waals surface area contributed by atoms with Crippen LogP contribution in [0, 0.1) is 0 Å². The molecule has 8 nitrogen and oxygen atoms in total. The van der Waals surface area contributed by atoms with Gasteiger partial charge in [0.15, 0.2) is 5.65 Å². The number of piperazine rings is 1. The van der Waals surface area contributed by atoms with E-state index in [1.54, 1.807) is 11.8 Å². The summed E-state index contributed by atoms with van der Waals surface area (Å²) in [5.74, 6) is 0.610. The minimum atomic E-state index is -0.286. The number of benzene rings is 2. The van der Waals surface area contributed by atoms with Crippen LogP contribution in [0.2, 0.25) is 0 Å². The highest BCUT2D eigenvalue weighted by Gasteiger charge is 2.24. The second-order valence-corrected chi connectivity index (χ2v) is 7.63. The number of hydrogen-bond donors (Lipinski definition) is 1. The molecule has 4 aromatic rings. The number of rotatable bonds is 2. The minimum Gasteiger partial charge on any atom is -0.450 e. The van der Waals surface area contributed by atoms with Crippen molar-refractivity contribution in [2.75, 3.05) is 32.8 Å². The van der Waals surface area contributed by atoms with Crippen LogP contribution in [-0.2, 0) is 4.74 Å². The molecule has 0 atom stereocenters. The summed E-state index contributed by atoms with van der Waals surface area (Å²) < 4.78 is 11.0. The molecule has 1 amide bonds. The number of hydrogen-bond acceptors (Lipinski definition) is 6. The van der Waals surface area contributed by atoms with E-state index in [4.69, 9.17) is 31.7 Å². The zero-order valence-electron chi connectivity index (χ0n) is 17.0. The summed E-state index contributed by atoms with van der Waals surface area (Å²) in [6, 6.07) is 13.6. The first kappa shape index (κ1) is 19.5. The van der Waals surface area contributed by atoms with E-state index >= 15 is 0 Å². The summed E-state index contributed by atoms with van der Waals surface area (Å²) in [5, 5.41) is 1.41. The zero-order chi connectivity index (χ0) is 21.4. The molecule has 9 heteroatoms. The molecular weight excluding hydrogens is 414 g/mol. The Bertz CT molecular complexity index is 1300. The average Bonchev–Trinajstić information content (AvgIpc) is 3.15. The monoisotopic (exact) mass is 435 g/mol. The normalized spacial score (nSPS) is 14.4. The van der Waals surface area contributed by atoms with E-state index in [1.165, 1.54) is 0 Å². The highest BCUT2D eigenvalue weighted by atomic mass is 32.1. The van der Waals surface area contributed by atoms with Gasteiger partial charge in [0, 0.05) is 43.1 Å². The number of thiocarbonyl (C=S) groups is 1. The number of nitrogens with one attached hydrogen (secondary N) is 1. The van der Waals surface area contributed by atoms with Crippen LogP contribution >= 0.6 is 12.2 Å². The van der Waals surface area contributed by atoms with Gasteiger partial charge in [-0.25, -0.2) is 14.8 Å². The van der Waals surface area contributed by atoms with Crippen molar-refractivity contribution in [2.24, 2.45) is 0 Å². The minimum absolute atomic E-state index is 0.286. The maximum atomic E-state index is 11.9. The first-order valence-corrected chi connectivity index (χ1v) is 10.6. The fraction of sp³-hybridized carbons (Fsp3) is 0.273. The highest BCUT2D eigenvalue weighted by Crippen LogP contribution is 2.26. The molecule has 5 rings (SSSR count). The summed E-state index contributed by atoms with van der Waals surface area (Å²) in [6.07, 6.45) is -0.286. The Balaban J connectivity index is 1.33. The quantitative estimate of drug-likeness (QED) is 0.481. The summed E-state index contributed by atoms with van der Waals surface area (Å²) in [4.78, 5) is 28.3. The van der Waals surface area contributed by atoms with Crippen LogP contribution in [-0.4, -0.2) is 68.8 Å². The second kappa shape index (κ2) is 7.99. The van der Waals surface area contributed by atoms with E-state index < -0.39 is 0 Å². The van der Waals surface area contributed by atoms with Crippen LogP contribution in [0.1, 0.15) is 6.92 Å². The molecule has 0 unspecified atom stereocenters. The van der Waals surface area contributed by atoms with Crippen LogP contribution < -0.4 is 4.74 Å². The Morgan fingerprint density at radius 2 is 1.84 bits per heavy atom. The average molecular weight is 436 g/mol. The first-order valence-electron chi connectivity index (χ1n) is 10.2. The number of ether oxygens (including phenoxy) is 2. The number of aromatic amines is 1. The second-order valence-electron chi connectivity index (χ2n) is 7.28. The van der Waals surface area contributed by atoms with E-state index in [0.717, 1.165) is 33.1 Å². The Kier molecular flexibility index (Phi) is 5.03. The van der Waals surface area contributed by atoms with E-state index in [2.05, 4.69) is 4.98 Å². The van der Waals surface area contributed by atoms with Gasteiger partial charge >= 0.3 is 6.09 Å². The molecule has 2 aromatic heterocycles. The molecule has 0 saturated carbocycles. The third kappa shape index (κ3) is 3.72. The van der Waals surface area contributed by atoms with Crippen LogP contribution in [0.25, 0.3) is 33.1 Å². The zero-order valence-corrected chi connectivity index (χ0v) is 17.8. The summed E-state index contributed by atoms with van der Waals surface area (Å²) in [6.45, 7) is 4.46. The van der Waals surface area contributed by atoms with Crippen molar-refractivity contribution in [1.82, 2.24) is 24.8 Å². The molecule has 0 radical (unpaired) electrons. The fourth-order valence-corrected chi connectivity index (χ4v) is 4.03. The summed E-state index contributed by atoms with van der Waals surface area (Å²) >= 11 is 5.49. The van der Waals surface area contributed by atoms with E-state index in [9.17, 15) is 4.79 Å². The lowest BCUT2D eigenvalue weighted by Crippen LogP contribution is -2.51. The predicted octanol–water partition coefficient (Wildman–Crippen LogP) is 3.70. The Morgan fingerprint density at radius 1 is 1.06 bits per heavy atom. The van der Waals surface area contributed by atoms with Crippen molar-refractivity contribution in [3.05, 3.63) is 42.5 Å². The van der Waals surface area contributed by atoms with Gasteiger partial charge in [0.05, 0.1) is 17.6 Å². The summed E-state index contributed by atoms with van der Waals surface area (Å²) in [7, 11) is 0. The van der Waals surface area contributed by atoms with Gasteiger partial charge in [0.25, 0.3) is 5.17 Å². The smallest absolute Gasteiger partial charge is 0.409 e. The Morgan fingerprint density at radius 3 is 2.65 bits per heavy atom. The van der Waals surface area contributed by atoms with Gasteiger partial charge in [-0.05, 0) is 37.3 Å². The van der Waals surface area contributed by atoms with Gasteiger partial charge in [-0.1, -0.05) is 18.2 Å². The molecule has 158 valence electrons. The standard InChI is InChI=1S/C22H21N5O3S/c1-2-29-21(28)26-9-11-27(12-10-26)22(31)30-14-7-8-17-18(13-14)23-19-15-5-3-4-6-16(15)24-20(19)25-17/h3-8,13H,2,9-12H2,1H3,(H,24,25). The highest BCUT2D eigenvalue weighted by molar-refractivity contribution is 7.80. The van der Waals surface area contributed by atoms with Gasteiger partial charge in [-0.3, -0.25) is 0 Å². The molecule has 3 heterocycles.